The Morgan fingerprint density at radius 1 is 1.46 bits per heavy atom. The van der Waals surface area contributed by atoms with E-state index in [1.807, 2.05) is 0 Å². The maximum absolute atomic E-state index is 9.98. The third-order valence-corrected chi connectivity index (χ3v) is 3.22. The quantitative estimate of drug-likeness (QED) is 0.568. The maximum atomic E-state index is 9.98. The summed E-state index contributed by atoms with van der Waals surface area (Å²) in [6.07, 6.45) is 9.15. The highest BCUT2D eigenvalue weighted by Gasteiger charge is 2.37. The lowest BCUT2D eigenvalue weighted by molar-refractivity contribution is 0.00736. The molecule has 0 spiro atoms. The van der Waals surface area contributed by atoms with Gasteiger partial charge < -0.3 is 5.11 Å². The highest BCUT2D eigenvalue weighted by atomic mass is 16.3. The number of hydrogen-bond acceptors (Lipinski definition) is 1. The van der Waals surface area contributed by atoms with E-state index in [2.05, 4.69) is 26.7 Å². The Hall–Kier alpha value is -0.480. The number of hydrogen-bond donors (Lipinski definition) is 1. The molecule has 1 saturated carbocycles. The molecule has 1 nitrogen and oxygen atoms in total. The van der Waals surface area contributed by atoms with E-state index in [1.54, 1.807) is 0 Å². The van der Waals surface area contributed by atoms with Crippen LogP contribution in [-0.2, 0) is 0 Å². The van der Waals surface area contributed by atoms with Gasteiger partial charge in [0.1, 0.15) is 5.60 Å². The van der Waals surface area contributed by atoms with E-state index in [0.29, 0.717) is 5.92 Å². The van der Waals surface area contributed by atoms with Crippen molar-refractivity contribution in [1.82, 2.24) is 0 Å². The molecule has 0 amide bonds. The Balaban J connectivity index is 2.69. The molecule has 1 N–H and O–H groups in total. The molecule has 0 aliphatic heterocycles. The fourth-order valence-electron chi connectivity index (χ4n) is 2.12. The molecular weight excluding hydrogens is 160 g/mol. The summed E-state index contributed by atoms with van der Waals surface area (Å²) in [6.45, 7) is 6.67. The molecule has 0 radical (unpaired) electrons. The van der Waals surface area contributed by atoms with Gasteiger partial charge in [0.25, 0.3) is 0 Å². The molecule has 1 fully saturated rings. The molecule has 0 saturated heterocycles. The molecule has 13 heavy (non-hydrogen) atoms. The van der Waals surface area contributed by atoms with Gasteiger partial charge in [0.15, 0.2) is 0 Å². The van der Waals surface area contributed by atoms with Gasteiger partial charge in [0, 0.05) is 0 Å². The zero-order valence-electron chi connectivity index (χ0n) is 8.93. The predicted molar refractivity (Wildman–Crippen MR) is 55.2 cm³/mol. The van der Waals surface area contributed by atoms with E-state index in [-0.39, 0.29) is 5.41 Å². The molecular formula is C12H20O. The first-order chi connectivity index (χ1) is 5.87. The van der Waals surface area contributed by atoms with Crippen molar-refractivity contribution in [3.05, 3.63) is 0 Å². The third-order valence-electron chi connectivity index (χ3n) is 3.22. The van der Waals surface area contributed by atoms with Crippen LogP contribution in [0.15, 0.2) is 0 Å². The van der Waals surface area contributed by atoms with Gasteiger partial charge in [-0.15, -0.1) is 6.42 Å². The van der Waals surface area contributed by atoms with Crippen molar-refractivity contribution in [1.29, 1.82) is 0 Å². The first-order valence-electron chi connectivity index (χ1n) is 5.07. The Morgan fingerprint density at radius 2 is 2.08 bits per heavy atom. The molecule has 2 unspecified atom stereocenters. The van der Waals surface area contributed by atoms with E-state index >= 15 is 0 Å². The van der Waals surface area contributed by atoms with E-state index in [1.165, 1.54) is 6.42 Å². The van der Waals surface area contributed by atoms with Crippen molar-refractivity contribution in [2.24, 2.45) is 11.3 Å². The zero-order chi connectivity index (χ0) is 10.1. The summed E-state index contributed by atoms with van der Waals surface area (Å²) in [7, 11) is 0. The minimum atomic E-state index is -0.823. The summed E-state index contributed by atoms with van der Waals surface area (Å²) in [5.41, 5.74) is -0.554. The molecule has 0 aromatic rings. The second kappa shape index (κ2) is 3.35. The molecule has 74 valence electrons. The van der Waals surface area contributed by atoms with Crippen LogP contribution in [0.25, 0.3) is 0 Å². The van der Waals surface area contributed by atoms with Crippen LogP contribution >= 0.6 is 0 Å². The third kappa shape index (κ3) is 2.48. The molecule has 1 heteroatoms. The maximum Gasteiger partial charge on any atom is 0.125 e. The fraction of sp³-hybridized carbons (Fsp3) is 0.833. The average Bonchev–Trinajstić information content (AvgIpc) is 2.03. The van der Waals surface area contributed by atoms with E-state index < -0.39 is 5.60 Å². The number of aliphatic hydroxyl groups is 1. The lowest BCUT2D eigenvalue weighted by Gasteiger charge is -2.40. The Labute approximate surface area is 81.5 Å². The smallest absolute Gasteiger partial charge is 0.125 e. The zero-order valence-corrected chi connectivity index (χ0v) is 8.93. The van der Waals surface area contributed by atoms with Crippen LogP contribution in [0.1, 0.15) is 46.5 Å². The Kier molecular flexibility index (Phi) is 2.73. The van der Waals surface area contributed by atoms with Gasteiger partial charge in [0.2, 0.25) is 0 Å². The molecule has 1 aliphatic rings. The van der Waals surface area contributed by atoms with Crippen molar-refractivity contribution < 1.29 is 5.11 Å². The van der Waals surface area contributed by atoms with Gasteiger partial charge >= 0.3 is 0 Å². The van der Waals surface area contributed by atoms with Crippen LogP contribution in [0.2, 0.25) is 0 Å². The normalized spacial score (nSPS) is 35.5. The average molecular weight is 180 g/mol. The fourth-order valence-corrected chi connectivity index (χ4v) is 2.12. The first kappa shape index (κ1) is 10.6. The highest BCUT2D eigenvalue weighted by molar-refractivity contribution is 5.10. The SMILES string of the molecule is C#CC1(O)CCCC(C(C)(C)C)C1. The van der Waals surface area contributed by atoms with Gasteiger partial charge in [-0.2, -0.15) is 0 Å². The van der Waals surface area contributed by atoms with E-state index in [0.717, 1.165) is 19.3 Å². The van der Waals surface area contributed by atoms with E-state index in [4.69, 9.17) is 6.42 Å². The van der Waals surface area contributed by atoms with Gasteiger partial charge in [-0.05, 0) is 37.0 Å². The van der Waals surface area contributed by atoms with Crippen LogP contribution in [0.4, 0.5) is 0 Å². The van der Waals surface area contributed by atoms with E-state index in [9.17, 15) is 5.11 Å². The minimum Gasteiger partial charge on any atom is -0.378 e. The van der Waals surface area contributed by atoms with Gasteiger partial charge in [0.05, 0.1) is 0 Å². The Bertz CT molecular complexity index is 218. The molecule has 1 rings (SSSR count). The second-order valence-corrected chi connectivity index (χ2v) is 5.34. The van der Waals surface area contributed by atoms with Crippen LogP contribution in [0.5, 0.6) is 0 Å². The van der Waals surface area contributed by atoms with Gasteiger partial charge in [-0.1, -0.05) is 26.7 Å². The highest BCUT2D eigenvalue weighted by Crippen LogP contribution is 2.41. The minimum absolute atomic E-state index is 0.269. The van der Waals surface area contributed by atoms with Gasteiger partial charge in [-0.25, -0.2) is 0 Å². The second-order valence-electron chi connectivity index (χ2n) is 5.34. The predicted octanol–water partition coefficient (Wildman–Crippen LogP) is 2.59. The summed E-state index contributed by atoms with van der Waals surface area (Å²) in [5.74, 6) is 3.10. The monoisotopic (exact) mass is 180 g/mol. The summed E-state index contributed by atoms with van der Waals surface area (Å²) in [6, 6.07) is 0. The van der Waals surface area contributed by atoms with Crippen molar-refractivity contribution >= 4 is 0 Å². The Morgan fingerprint density at radius 3 is 2.54 bits per heavy atom. The largest absolute Gasteiger partial charge is 0.378 e. The van der Waals surface area contributed by atoms with Crippen molar-refractivity contribution in [3.63, 3.8) is 0 Å². The number of terminal acetylenes is 1. The molecule has 2 atom stereocenters. The molecule has 0 heterocycles. The summed E-state index contributed by atoms with van der Waals surface area (Å²) >= 11 is 0. The van der Waals surface area contributed by atoms with Crippen LogP contribution < -0.4 is 0 Å². The van der Waals surface area contributed by atoms with Crippen LogP contribution in [0, 0.1) is 23.7 Å². The van der Waals surface area contributed by atoms with Crippen LogP contribution in [-0.4, -0.2) is 10.7 Å². The standard InChI is InChI=1S/C12H20O/c1-5-12(13)8-6-7-10(9-12)11(2,3)4/h1,10,13H,6-9H2,2-4H3. The molecule has 0 aromatic heterocycles. The number of rotatable bonds is 0. The summed E-state index contributed by atoms with van der Waals surface area (Å²) in [5, 5.41) is 9.98. The lowest BCUT2D eigenvalue weighted by atomic mass is 9.68. The van der Waals surface area contributed by atoms with Crippen molar-refractivity contribution in [2.75, 3.05) is 0 Å². The van der Waals surface area contributed by atoms with Crippen molar-refractivity contribution in [3.8, 4) is 12.3 Å². The molecule has 1 aliphatic carbocycles. The van der Waals surface area contributed by atoms with Crippen LogP contribution in [0.3, 0.4) is 0 Å². The topological polar surface area (TPSA) is 20.2 Å². The summed E-state index contributed by atoms with van der Waals surface area (Å²) < 4.78 is 0. The first-order valence-corrected chi connectivity index (χ1v) is 5.07. The lowest BCUT2D eigenvalue weighted by Crippen LogP contribution is -2.38. The van der Waals surface area contributed by atoms with Gasteiger partial charge in [-0.3, -0.25) is 0 Å². The molecule has 0 aromatic carbocycles. The molecule has 0 bridgehead atoms. The summed E-state index contributed by atoms with van der Waals surface area (Å²) in [4.78, 5) is 0. The van der Waals surface area contributed by atoms with Crippen molar-refractivity contribution in [2.45, 2.75) is 52.1 Å².